The minimum absolute atomic E-state index is 0.0800. The van der Waals surface area contributed by atoms with Gasteiger partial charge in [-0.15, -0.1) is 0 Å². The standard InChI is InChI=1S/C19H20N2O3/c1-3-21(4-2)12-15-16(22)8-7-14-18(23)17(24-19(14)15)10-13-6-5-9-20-11-13/h5-11,22H,3-4,12H2,1-2H3. The lowest BCUT2D eigenvalue weighted by Gasteiger charge is -2.21. The van der Waals surface area contributed by atoms with Gasteiger partial charge in [0.2, 0.25) is 5.78 Å². The van der Waals surface area contributed by atoms with Gasteiger partial charge in [-0.3, -0.25) is 9.78 Å². The topological polar surface area (TPSA) is 66.7 Å². The van der Waals surface area contributed by atoms with Gasteiger partial charge < -0.3 is 14.7 Å². The number of hydrogen-bond donors (Lipinski definition) is 1. The minimum atomic E-state index is -0.190. The van der Waals surface area contributed by atoms with Crippen molar-refractivity contribution in [2.45, 2.75) is 20.4 Å². The van der Waals surface area contributed by atoms with E-state index >= 15 is 0 Å². The number of ether oxygens (including phenoxy) is 1. The lowest BCUT2D eigenvalue weighted by molar-refractivity contribution is -0.910. The number of fused-ring (bicyclic) bond motifs is 1. The number of Topliss-reactive ketones (excluding diaryl/α,β-unsaturated/α-hetero) is 1. The van der Waals surface area contributed by atoms with E-state index in [0.717, 1.165) is 18.7 Å². The van der Waals surface area contributed by atoms with E-state index in [0.29, 0.717) is 23.4 Å². The first-order chi connectivity index (χ1) is 11.6. The average Bonchev–Trinajstić information content (AvgIpc) is 2.91. The lowest BCUT2D eigenvalue weighted by atomic mass is 10.0. The molecule has 5 heteroatoms. The number of quaternary nitrogens is 1. The molecule has 1 N–H and O–H groups in total. The Labute approximate surface area is 141 Å². The summed E-state index contributed by atoms with van der Waals surface area (Å²) in [4.78, 5) is 17.9. The Morgan fingerprint density at radius 2 is 2.04 bits per heavy atom. The van der Waals surface area contributed by atoms with Crippen LogP contribution in [0.15, 0.2) is 42.4 Å². The Balaban J connectivity index is 1.98. The van der Waals surface area contributed by atoms with Crippen molar-refractivity contribution in [2.75, 3.05) is 13.1 Å². The molecule has 3 rings (SSSR count). The zero-order valence-corrected chi connectivity index (χ0v) is 13.8. The number of pyridine rings is 1. The van der Waals surface area contributed by atoms with Crippen LogP contribution in [-0.2, 0) is 6.54 Å². The Morgan fingerprint density at radius 3 is 2.71 bits per heavy atom. The Hall–Kier alpha value is -2.66. The molecule has 124 valence electrons. The number of allylic oxidation sites excluding steroid dienone is 1. The van der Waals surface area contributed by atoms with Crippen LogP contribution in [0.1, 0.15) is 35.3 Å². The minimum Gasteiger partial charge on any atom is -0.872 e. The van der Waals surface area contributed by atoms with Crippen LogP contribution in [0.4, 0.5) is 0 Å². The van der Waals surface area contributed by atoms with Gasteiger partial charge in [-0.2, -0.15) is 0 Å². The zero-order valence-electron chi connectivity index (χ0n) is 13.8. The van der Waals surface area contributed by atoms with Gasteiger partial charge in [0.05, 0.1) is 18.7 Å². The number of nitrogens with zero attached hydrogens (tertiary/aromatic N) is 1. The molecule has 5 nitrogen and oxygen atoms in total. The van der Waals surface area contributed by atoms with Crippen molar-refractivity contribution in [3.8, 4) is 11.5 Å². The number of nitrogens with one attached hydrogen (secondary N) is 1. The van der Waals surface area contributed by atoms with E-state index in [4.69, 9.17) is 4.74 Å². The second-order valence-corrected chi connectivity index (χ2v) is 5.78. The normalized spacial score (nSPS) is 15.0. The molecule has 0 saturated heterocycles. The molecule has 0 saturated carbocycles. The van der Waals surface area contributed by atoms with E-state index in [-0.39, 0.29) is 17.3 Å². The number of ketones is 1. The Bertz CT molecular complexity index is 781. The maximum atomic E-state index is 12.6. The van der Waals surface area contributed by atoms with Crippen molar-refractivity contribution in [1.29, 1.82) is 0 Å². The summed E-state index contributed by atoms with van der Waals surface area (Å²) >= 11 is 0. The molecular weight excluding hydrogens is 304 g/mol. The summed E-state index contributed by atoms with van der Waals surface area (Å²) in [5.41, 5.74) is 1.83. The monoisotopic (exact) mass is 324 g/mol. The van der Waals surface area contributed by atoms with Crippen LogP contribution < -0.4 is 14.7 Å². The zero-order chi connectivity index (χ0) is 17.1. The molecule has 0 unspecified atom stereocenters. The third-order valence-electron chi connectivity index (χ3n) is 4.31. The molecule has 0 amide bonds. The SMILES string of the molecule is CC[NH+](CC)Cc1c([O-])ccc2c1OC(=Cc1cccnc1)C2=O. The van der Waals surface area contributed by atoms with Crippen LogP contribution in [0.2, 0.25) is 0 Å². The number of carbonyl (C=O) groups is 1. The van der Waals surface area contributed by atoms with E-state index in [1.165, 1.54) is 11.0 Å². The molecule has 0 radical (unpaired) electrons. The molecule has 0 spiro atoms. The van der Waals surface area contributed by atoms with Crippen LogP contribution in [-0.4, -0.2) is 23.9 Å². The van der Waals surface area contributed by atoms with Gasteiger partial charge in [-0.1, -0.05) is 17.9 Å². The van der Waals surface area contributed by atoms with Gasteiger partial charge in [0.25, 0.3) is 0 Å². The van der Waals surface area contributed by atoms with Crippen LogP contribution in [0, 0.1) is 0 Å². The molecule has 2 heterocycles. The lowest BCUT2D eigenvalue weighted by Crippen LogP contribution is -3.10. The van der Waals surface area contributed by atoms with Crippen LogP contribution >= 0.6 is 0 Å². The molecule has 0 aliphatic carbocycles. The van der Waals surface area contributed by atoms with Gasteiger partial charge in [0.15, 0.2) is 5.76 Å². The van der Waals surface area contributed by atoms with Gasteiger partial charge in [0.1, 0.15) is 12.3 Å². The quantitative estimate of drug-likeness (QED) is 0.839. The highest BCUT2D eigenvalue weighted by molar-refractivity contribution is 6.14. The van der Waals surface area contributed by atoms with Crippen molar-refractivity contribution < 1.29 is 19.5 Å². The average molecular weight is 324 g/mol. The maximum Gasteiger partial charge on any atom is 0.231 e. The summed E-state index contributed by atoms with van der Waals surface area (Å²) in [6, 6.07) is 6.67. The summed E-state index contributed by atoms with van der Waals surface area (Å²) in [7, 11) is 0. The number of aromatic nitrogens is 1. The van der Waals surface area contributed by atoms with Gasteiger partial charge in [0, 0.05) is 18.0 Å². The number of rotatable bonds is 5. The molecule has 0 atom stereocenters. The van der Waals surface area contributed by atoms with E-state index in [9.17, 15) is 9.90 Å². The summed E-state index contributed by atoms with van der Waals surface area (Å²) in [5, 5.41) is 12.3. The Morgan fingerprint density at radius 1 is 1.25 bits per heavy atom. The van der Waals surface area contributed by atoms with E-state index in [1.807, 2.05) is 6.07 Å². The highest BCUT2D eigenvalue weighted by Gasteiger charge is 2.30. The molecule has 1 aromatic carbocycles. The third-order valence-corrected chi connectivity index (χ3v) is 4.31. The van der Waals surface area contributed by atoms with Crippen LogP contribution in [0.25, 0.3) is 6.08 Å². The molecular formula is C19H20N2O3. The first-order valence-electron chi connectivity index (χ1n) is 8.14. The second kappa shape index (κ2) is 6.84. The summed E-state index contributed by atoms with van der Waals surface area (Å²) in [6.07, 6.45) is 4.99. The van der Waals surface area contributed by atoms with Crippen LogP contribution in [0.5, 0.6) is 11.5 Å². The number of carbonyl (C=O) groups excluding carboxylic acids is 1. The largest absolute Gasteiger partial charge is 0.872 e. The molecule has 0 fully saturated rings. The molecule has 0 bridgehead atoms. The fourth-order valence-electron chi connectivity index (χ4n) is 2.82. The van der Waals surface area contributed by atoms with Gasteiger partial charge >= 0.3 is 0 Å². The number of hydrogen-bond acceptors (Lipinski definition) is 4. The fraction of sp³-hybridized carbons (Fsp3) is 0.263. The smallest absolute Gasteiger partial charge is 0.231 e. The molecule has 2 aromatic rings. The van der Waals surface area contributed by atoms with Crippen molar-refractivity contribution >= 4 is 11.9 Å². The predicted molar refractivity (Wildman–Crippen MR) is 88.8 cm³/mol. The number of benzene rings is 1. The molecule has 1 aliphatic rings. The van der Waals surface area contributed by atoms with Crippen molar-refractivity contribution in [2.24, 2.45) is 0 Å². The van der Waals surface area contributed by atoms with Gasteiger partial charge in [-0.25, -0.2) is 0 Å². The first-order valence-corrected chi connectivity index (χ1v) is 8.14. The van der Waals surface area contributed by atoms with E-state index in [1.54, 1.807) is 30.6 Å². The summed E-state index contributed by atoms with van der Waals surface area (Å²) in [5.74, 6) is 0.384. The van der Waals surface area contributed by atoms with Crippen molar-refractivity contribution in [3.05, 3.63) is 59.1 Å². The van der Waals surface area contributed by atoms with Crippen molar-refractivity contribution in [3.63, 3.8) is 0 Å². The molecule has 1 aliphatic heterocycles. The Kier molecular flexibility index (Phi) is 4.62. The second-order valence-electron chi connectivity index (χ2n) is 5.78. The van der Waals surface area contributed by atoms with E-state index in [2.05, 4.69) is 18.8 Å². The maximum absolute atomic E-state index is 12.6. The summed E-state index contributed by atoms with van der Waals surface area (Å²) < 4.78 is 5.80. The molecule has 24 heavy (non-hydrogen) atoms. The predicted octanol–water partition coefficient (Wildman–Crippen LogP) is 1.20. The van der Waals surface area contributed by atoms with Gasteiger partial charge in [-0.05, 0) is 37.6 Å². The fourth-order valence-corrected chi connectivity index (χ4v) is 2.82. The highest BCUT2D eigenvalue weighted by atomic mass is 16.5. The first kappa shape index (κ1) is 16.2. The molecule has 1 aromatic heterocycles. The summed E-state index contributed by atoms with van der Waals surface area (Å²) in [6.45, 7) is 6.53. The van der Waals surface area contributed by atoms with Crippen molar-refractivity contribution in [1.82, 2.24) is 4.98 Å². The van der Waals surface area contributed by atoms with Crippen LogP contribution in [0.3, 0.4) is 0 Å². The van der Waals surface area contributed by atoms with E-state index < -0.39 is 0 Å². The highest BCUT2D eigenvalue weighted by Crippen LogP contribution is 2.38. The third kappa shape index (κ3) is 3.03.